The quantitative estimate of drug-likeness (QED) is 0.785. The van der Waals surface area contributed by atoms with Crippen LogP contribution in [-0.2, 0) is 4.79 Å². The van der Waals surface area contributed by atoms with Crippen LogP contribution in [0.4, 0.5) is 5.69 Å². The monoisotopic (exact) mass is 265 g/mol. The summed E-state index contributed by atoms with van der Waals surface area (Å²) in [5, 5.41) is 9.07. The lowest BCUT2D eigenvalue weighted by molar-refractivity contribution is -0.140. The summed E-state index contributed by atoms with van der Waals surface area (Å²) < 4.78 is 5.36. The number of methoxy groups -OCH3 is 1. The minimum absolute atomic E-state index is 0.401. The van der Waals surface area contributed by atoms with Crippen molar-refractivity contribution in [1.29, 1.82) is 0 Å². The van der Waals surface area contributed by atoms with Gasteiger partial charge in [0.2, 0.25) is 0 Å². The molecule has 19 heavy (non-hydrogen) atoms. The molecule has 1 unspecified atom stereocenters. The summed E-state index contributed by atoms with van der Waals surface area (Å²) in [6, 6.07) is 7.74. The molecule has 0 amide bonds. The standard InChI is InChI=1S/C15H23NO3/c1-4-5-10-16(11-12(2)15(17)18)13-8-6-7-9-14(13)19-3/h6-9,12H,4-5,10-11H2,1-3H3,(H,17,18). The van der Waals surface area contributed by atoms with Crippen molar-refractivity contribution in [3.8, 4) is 5.75 Å². The lowest BCUT2D eigenvalue weighted by Crippen LogP contribution is -2.33. The van der Waals surface area contributed by atoms with Gasteiger partial charge in [0.25, 0.3) is 0 Å². The van der Waals surface area contributed by atoms with E-state index in [4.69, 9.17) is 9.84 Å². The van der Waals surface area contributed by atoms with Gasteiger partial charge in [-0.05, 0) is 18.6 Å². The number of carboxylic acids is 1. The van der Waals surface area contributed by atoms with Gasteiger partial charge in [-0.15, -0.1) is 0 Å². The zero-order valence-corrected chi connectivity index (χ0v) is 11.9. The first-order valence-corrected chi connectivity index (χ1v) is 6.70. The largest absolute Gasteiger partial charge is 0.495 e. The minimum Gasteiger partial charge on any atom is -0.495 e. The molecule has 0 saturated heterocycles. The molecule has 4 nitrogen and oxygen atoms in total. The van der Waals surface area contributed by atoms with Gasteiger partial charge < -0.3 is 14.7 Å². The van der Waals surface area contributed by atoms with Crippen LogP contribution in [0.3, 0.4) is 0 Å². The first-order chi connectivity index (χ1) is 9.10. The number of anilines is 1. The Hall–Kier alpha value is -1.71. The van der Waals surface area contributed by atoms with Gasteiger partial charge in [-0.3, -0.25) is 4.79 Å². The number of para-hydroxylation sites is 2. The maximum Gasteiger partial charge on any atom is 0.308 e. The number of hydrogen-bond acceptors (Lipinski definition) is 3. The Balaban J connectivity index is 2.91. The van der Waals surface area contributed by atoms with Crippen LogP contribution in [0.15, 0.2) is 24.3 Å². The third-order valence-electron chi connectivity index (χ3n) is 3.12. The van der Waals surface area contributed by atoms with Crippen molar-refractivity contribution in [2.45, 2.75) is 26.7 Å². The van der Waals surface area contributed by atoms with E-state index < -0.39 is 11.9 Å². The average molecular weight is 265 g/mol. The second kappa shape index (κ2) is 7.67. The second-order valence-corrected chi connectivity index (χ2v) is 4.71. The Labute approximate surface area is 115 Å². The lowest BCUT2D eigenvalue weighted by Gasteiger charge is -2.28. The summed E-state index contributed by atoms with van der Waals surface area (Å²) in [5.74, 6) is -0.380. The second-order valence-electron chi connectivity index (χ2n) is 4.71. The van der Waals surface area contributed by atoms with Crippen molar-refractivity contribution in [2.24, 2.45) is 5.92 Å². The SMILES string of the molecule is CCCCN(CC(C)C(=O)O)c1ccccc1OC. The number of aliphatic carboxylic acids is 1. The molecule has 0 saturated carbocycles. The van der Waals surface area contributed by atoms with Crippen LogP contribution >= 0.6 is 0 Å². The van der Waals surface area contributed by atoms with E-state index in [9.17, 15) is 4.79 Å². The van der Waals surface area contributed by atoms with E-state index in [1.807, 2.05) is 24.3 Å². The first-order valence-electron chi connectivity index (χ1n) is 6.70. The van der Waals surface area contributed by atoms with Crippen LogP contribution in [0.1, 0.15) is 26.7 Å². The van der Waals surface area contributed by atoms with Crippen molar-refractivity contribution < 1.29 is 14.6 Å². The predicted octanol–water partition coefficient (Wildman–Crippen LogP) is 3.02. The number of benzene rings is 1. The molecular weight excluding hydrogens is 242 g/mol. The van der Waals surface area contributed by atoms with Gasteiger partial charge in [0.05, 0.1) is 18.7 Å². The van der Waals surface area contributed by atoms with Crippen LogP contribution < -0.4 is 9.64 Å². The molecule has 0 aromatic heterocycles. The van der Waals surface area contributed by atoms with Crippen LogP contribution in [0.25, 0.3) is 0 Å². The van der Waals surface area contributed by atoms with Crippen molar-refractivity contribution >= 4 is 11.7 Å². The molecule has 0 aliphatic carbocycles. The van der Waals surface area contributed by atoms with E-state index in [1.165, 1.54) is 0 Å². The van der Waals surface area contributed by atoms with Crippen LogP contribution in [-0.4, -0.2) is 31.3 Å². The molecule has 1 rings (SSSR count). The van der Waals surface area contributed by atoms with E-state index in [-0.39, 0.29) is 0 Å². The van der Waals surface area contributed by atoms with E-state index >= 15 is 0 Å². The van der Waals surface area contributed by atoms with Crippen molar-refractivity contribution in [1.82, 2.24) is 0 Å². The third-order valence-corrected chi connectivity index (χ3v) is 3.12. The Morgan fingerprint density at radius 3 is 2.68 bits per heavy atom. The number of carboxylic acid groups (broad SMARTS) is 1. The molecule has 4 heteroatoms. The normalized spacial score (nSPS) is 11.9. The fraction of sp³-hybridized carbons (Fsp3) is 0.533. The molecule has 1 aromatic rings. The summed E-state index contributed by atoms with van der Waals surface area (Å²) >= 11 is 0. The summed E-state index contributed by atoms with van der Waals surface area (Å²) in [4.78, 5) is 13.1. The van der Waals surface area contributed by atoms with E-state index in [2.05, 4.69) is 11.8 Å². The molecule has 0 bridgehead atoms. The molecule has 0 aliphatic rings. The molecule has 1 atom stereocenters. The average Bonchev–Trinajstić information content (AvgIpc) is 2.43. The zero-order valence-electron chi connectivity index (χ0n) is 11.9. The smallest absolute Gasteiger partial charge is 0.308 e. The van der Waals surface area contributed by atoms with E-state index in [0.29, 0.717) is 6.54 Å². The number of nitrogens with zero attached hydrogens (tertiary/aromatic N) is 1. The molecule has 0 heterocycles. The zero-order chi connectivity index (χ0) is 14.3. The lowest BCUT2D eigenvalue weighted by atomic mass is 10.1. The highest BCUT2D eigenvalue weighted by molar-refractivity contribution is 5.71. The Morgan fingerprint density at radius 2 is 2.11 bits per heavy atom. The highest BCUT2D eigenvalue weighted by atomic mass is 16.5. The predicted molar refractivity (Wildman–Crippen MR) is 76.9 cm³/mol. The van der Waals surface area contributed by atoms with Gasteiger partial charge in [-0.25, -0.2) is 0 Å². The van der Waals surface area contributed by atoms with Gasteiger partial charge in [-0.2, -0.15) is 0 Å². The summed E-state index contributed by atoms with van der Waals surface area (Å²) in [7, 11) is 1.64. The number of ether oxygens (including phenoxy) is 1. The Kier molecular flexibility index (Phi) is 6.19. The number of hydrogen-bond donors (Lipinski definition) is 1. The van der Waals surface area contributed by atoms with Crippen molar-refractivity contribution in [3.63, 3.8) is 0 Å². The maximum absolute atomic E-state index is 11.0. The summed E-state index contributed by atoms with van der Waals surface area (Å²) in [6.07, 6.45) is 2.11. The maximum atomic E-state index is 11.0. The molecular formula is C15H23NO3. The molecule has 1 N–H and O–H groups in total. The van der Waals surface area contributed by atoms with E-state index in [0.717, 1.165) is 30.8 Å². The third kappa shape index (κ3) is 4.47. The van der Waals surface area contributed by atoms with Crippen molar-refractivity contribution in [2.75, 3.05) is 25.1 Å². The van der Waals surface area contributed by atoms with E-state index in [1.54, 1.807) is 14.0 Å². The van der Waals surface area contributed by atoms with Crippen LogP contribution in [0.5, 0.6) is 5.75 Å². The Bertz CT molecular complexity index is 406. The van der Waals surface area contributed by atoms with Gasteiger partial charge in [0.15, 0.2) is 0 Å². The molecule has 0 fully saturated rings. The number of unbranched alkanes of at least 4 members (excludes halogenated alkanes) is 1. The van der Waals surface area contributed by atoms with Crippen molar-refractivity contribution in [3.05, 3.63) is 24.3 Å². The highest BCUT2D eigenvalue weighted by Gasteiger charge is 2.18. The first kappa shape index (κ1) is 15.3. The van der Waals surface area contributed by atoms with Gasteiger partial charge in [-0.1, -0.05) is 32.4 Å². The molecule has 106 valence electrons. The van der Waals surface area contributed by atoms with Crippen LogP contribution in [0.2, 0.25) is 0 Å². The molecule has 1 aromatic carbocycles. The molecule has 0 aliphatic heterocycles. The Morgan fingerprint density at radius 1 is 1.42 bits per heavy atom. The summed E-state index contributed by atoms with van der Waals surface area (Å²) in [5.41, 5.74) is 0.964. The highest BCUT2D eigenvalue weighted by Crippen LogP contribution is 2.28. The number of rotatable bonds is 8. The van der Waals surface area contributed by atoms with Gasteiger partial charge >= 0.3 is 5.97 Å². The molecule has 0 spiro atoms. The van der Waals surface area contributed by atoms with Crippen LogP contribution in [0, 0.1) is 5.92 Å². The fourth-order valence-electron chi connectivity index (χ4n) is 1.96. The topological polar surface area (TPSA) is 49.8 Å². The fourth-order valence-corrected chi connectivity index (χ4v) is 1.96. The molecule has 0 radical (unpaired) electrons. The van der Waals surface area contributed by atoms with Gasteiger partial charge in [0.1, 0.15) is 5.75 Å². The minimum atomic E-state index is -0.767. The number of carbonyl (C=O) groups is 1. The van der Waals surface area contributed by atoms with Gasteiger partial charge in [0, 0.05) is 13.1 Å². The summed E-state index contributed by atoms with van der Waals surface area (Å²) in [6.45, 7) is 5.20.